The van der Waals surface area contributed by atoms with E-state index in [0.717, 1.165) is 18.7 Å². The lowest BCUT2D eigenvalue weighted by molar-refractivity contribution is -0.119. The molecule has 3 rings (SSSR count). The number of amides is 3. The molecule has 0 spiro atoms. The second kappa shape index (κ2) is 10.9. The molecule has 1 aliphatic carbocycles. The Hall–Kier alpha value is -1.74. The zero-order valence-corrected chi connectivity index (χ0v) is 21.1. The number of halogens is 1. The van der Waals surface area contributed by atoms with Crippen LogP contribution in [0, 0.1) is 0 Å². The van der Waals surface area contributed by atoms with Crippen molar-refractivity contribution in [3.05, 3.63) is 11.2 Å². The summed E-state index contributed by atoms with van der Waals surface area (Å²) in [5, 5.41) is 6.99. The fourth-order valence-corrected chi connectivity index (χ4v) is 5.01. The molecule has 0 bridgehead atoms. The Morgan fingerprint density at radius 1 is 1.19 bits per heavy atom. The second-order valence-electron chi connectivity index (χ2n) is 9.69. The van der Waals surface area contributed by atoms with Crippen LogP contribution < -0.4 is 15.5 Å². The van der Waals surface area contributed by atoms with E-state index in [-0.39, 0.29) is 29.3 Å². The van der Waals surface area contributed by atoms with E-state index in [9.17, 15) is 9.59 Å². The highest BCUT2D eigenvalue weighted by Crippen LogP contribution is 2.24. The third-order valence-electron chi connectivity index (χ3n) is 5.66. The molecule has 1 saturated heterocycles. The van der Waals surface area contributed by atoms with Crippen molar-refractivity contribution in [3.63, 3.8) is 0 Å². The van der Waals surface area contributed by atoms with Crippen molar-refractivity contribution in [2.45, 2.75) is 82.6 Å². The van der Waals surface area contributed by atoms with Crippen molar-refractivity contribution < 1.29 is 9.59 Å². The van der Waals surface area contributed by atoms with Gasteiger partial charge in [0.05, 0.1) is 5.75 Å². The Balaban J connectivity index is 1.56. The maximum Gasteiger partial charge on any atom is 0.318 e. The molecule has 2 heterocycles. The predicted octanol–water partition coefficient (Wildman–Crippen LogP) is 3.69. The minimum absolute atomic E-state index is 0.0131. The summed E-state index contributed by atoms with van der Waals surface area (Å²) in [6, 6.07) is 2.01. The number of hydrogen-bond donors (Lipinski definition) is 2. The van der Waals surface area contributed by atoms with Crippen LogP contribution in [0.25, 0.3) is 0 Å². The van der Waals surface area contributed by atoms with Crippen molar-refractivity contribution in [3.8, 4) is 0 Å². The first-order valence-corrected chi connectivity index (χ1v) is 12.8. The number of nitrogens with zero attached hydrogens (tertiary/aromatic N) is 4. The number of carbonyl (C=O) groups excluding carboxylic acids is 2. The van der Waals surface area contributed by atoms with Gasteiger partial charge in [0.1, 0.15) is 11.0 Å². The van der Waals surface area contributed by atoms with Crippen LogP contribution >= 0.6 is 23.4 Å². The van der Waals surface area contributed by atoms with Crippen molar-refractivity contribution in [1.82, 2.24) is 25.5 Å². The molecule has 1 saturated carbocycles. The zero-order valence-electron chi connectivity index (χ0n) is 19.5. The quantitative estimate of drug-likeness (QED) is 0.378. The minimum Gasteiger partial charge on any atom is -0.353 e. The van der Waals surface area contributed by atoms with Crippen LogP contribution in [-0.4, -0.2) is 69.8 Å². The Labute approximate surface area is 200 Å². The summed E-state index contributed by atoms with van der Waals surface area (Å²) < 4.78 is 0. The summed E-state index contributed by atoms with van der Waals surface area (Å²) in [7, 11) is 0. The van der Waals surface area contributed by atoms with Crippen LogP contribution in [0.15, 0.2) is 11.2 Å². The van der Waals surface area contributed by atoms with E-state index in [4.69, 9.17) is 11.6 Å². The van der Waals surface area contributed by atoms with Crippen molar-refractivity contribution in [2.75, 3.05) is 30.3 Å². The molecule has 1 aromatic heterocycles. The van der Waals surface area contributed by atoms with Gasteiger partial charge in [0.2, 0.25) is 5.91 Å². The van der Waals surface area contributed by atoms with Crippen molar-refractivity contribution in [1.29, 1.82) is 0 Å². The van der Waals surface area contributed by atoms with Gasteiger partial charge in [0.15, 0.2) is 5.16 Å². The van der Waals surface area contributed by atoms with Gasteiger partial charge in [-0.2, -0.15) is 0 Å². The molecule has 178 valence electrons. The van der Waals surface area contributed by atoms with Crippen LogP contribution in [0.2, 0.25) is 5.15 Å². The van der Waals surface area contributed by atoms with E-state index in [0.29, 0.717) is 36.0 Å². The van der Waals surface area contributed by atoms with Gasteiger partial charge in [0.25, 0.3) is 0 Å². The van der Waals surface area contributed by atoms with Crippen molar-refractivity contribution in [2.24, 2.45) is 0 Å². The lowest BCUT2D eigenvalue weighted by atomic mass is 9.95. The second-order valence-corrected chi connectivity index (χ2v) is 11.0. The average Bonchev–Trinajstić information content (AvgIpc) is 2.71. The number of thioether (sulfide) groups is 1. The molecule has 32 heavy (non-hydrogen) atoms. The molecule has 2 aliphatic rings. The number of carbonyl (C=O) groups is 2. The predicted molar refractivity (Wildman–Crippen MR) is 129 cm³/mol. The molecule has 2 N–H and O–H groups in total. The first kappa shape index (κ1) is 24.9. The van der Waals surface area contributed by atoms with E-state index >= 15 is 0 Å². The molecule has 8 nitrogen and oxygen atoms in total. The number of urea groups is 1. The standard InChI is InChI=1S/C22H35ClN6O2S/c1-15-13-28(10-11-29(15)21(31)27-22(2,3)4)18-12-17(23)25-20(26-18)32-14-19(30)24-16-8-6-5-7-9-16/h12,15-16H,5-11,13-14H2,1-4H3,(H,24,30)(H,27,31)/t15-/m0/s1. The Morgan fingerprint density at radius 2 is 1.91 bits per heavy atom. The molecule has 2 fully saturated rings. The first-order chi connectivity index (χ1) is 15.1. The summed E-state index contributed by atoms with van der Waals surface area (Å²) in [4.78, 5) is 37.8. The molecular formula is C22H35ClN6O2S. The topological polar surface area (TPSA) is 90.5 Å². The SMILES string of the molecule is C[C@H]1CN(c2cc(Cl)nc(SCC(=O)NC3CCCCC3)n2)CCN1C(=O)NC(C)(C)C. The number of hydrogen-bond acceptors (Lipinski definition) is 6. The van der Waals surface area contributed by atoms with Gasteiger partial charge in [0, 0.05) is 43.3 Å². The molecule has 1 atom stereocenters. The maximum atomic E-state index is 12.6. The Kier molecular flexibility index (Phi) is 8.49. The van der Waals surface area contributed by atoms with Gasteiger partial charge >= 0.3 is 6.03 Å². The minimum atomic E-state index is -0.274. The highest BCUT2D eigenvalue weighted by molar-refractivity contribution is 7.99. The van der Waals surface area contributed by atoms with Gasteiger partial charge < -0.3 is 20.4 Å². The summed E-state index contributed by atoms with van der Waals surface area (Å²) >= 11 is 7.56. The third-order valence-corrected chi connectivity index (χ3v) is 6.70. The molecule has 1 aromatic rings. The normalized spacial score (nSPS) is 20.2. The number of aromatic nitrogens is 2. The summed E-state index contributed by atoms with van der Waals surface area (Å²) in [6.45, 7) is 9.86. The van der Waals surface area contributed by atoms with Gasteiger partial charge in [-0.15, -0.1) is 0 Å². The third kappa shape index (κ3) is 7.40. The zero-order chi connectivity index (χ0) is 23.3. The fourth-order valence-electron chi connectivity index (χ4n) is 4.12. The number of piperazine rings is 1. The number of rotatable bonds is 5. The fraction of sp³-hybridized carbons (Fsp3) is 0.727. The van der Waals surface area contributed by atoms with Crippen LogP contribution in [0.1, 0.15) is 59.8 Å². The maximum absolute atomic E-state index is 12.6. The largest absolute Gasteiger partial charge is 0.353 e. The van der Waals surface area contributed by atoms with Crippen LogP contribution in [-0.2, 0) is 4.79 Å². The van der Waals surface area contributed by atoms with Gasteiger partial charge in [-0.05, 0) is 40.5 Å². The summed E-state index contributed by atoms with van der Waals surface area (Å²) in [6.07, 6.45) is 5.75. The van der Waals surface area contributed by atoms with Crippen LogP contribution in [0.3, 0.4) is 0 Å². The van der Waals surface area contributed by atoms with E-state index < -0.39 is 0 Å². The lowest BCUT2D eigenvalue weighted by Gasteiger charge is -2.41. The molecule has 0 unspecified atom stereocenters. The molecular weight excluding hydrogens is 448 g/mol. The molecule has 3 amide bonds. The van der Waals surface area contributed by atoms with E-state index in [1.165, 1.54) is 31.0 Å². The average molecular weight is 483 g/mol. The summed E-state index contributed by atoms with van der Waals surface area (Å²) in [5.41, 5.74) is -0.274. The molecule has 0 radical (unpaired) electrons. The Morgan fingerprint density at radius 3 is 2.56 bits per heavy atom. The van der Waals surface area contributed by atoms with E-state index in [1.807, 2.05) is 32.6 Å². The highest BCUT2D eigenvalue weighted by Gasteiger charge is 2.30. The number of nitrogens with one attached hydrogen (secondary N) is 2. The van der Waals surface area contributed by atoms with E-state index in [2.05, 4.69) is 25.5 Å². The summed E-state index contributed by atoms with van der Waals surface area (Å²) in [5.74, 6) is 1.01. The monoisotopic (exact) mass is 482 g/mol. The first-order valence-electron chi connectivity index (χ1n) is 11.4. The van der Waals surface area contributed by atoms with E-state index in [1.54, 1.807) is 6.07 Å². The number of anilines is 1. The molecule has 0 aromatic carbocycles. The lowest BCUT2D eigenvalue weighted by Crippen LogP contribution is -2.59. The van der Waals surface area contributed by atoms with Gasteiger partial charge in [-0.1, -0.05) is 42.6 Å². The van der Waals surface area contributed by atoms with Crippen molar-refractivity contribution >= 4 is 41.1 Å². The smallest absolute Gasteiger partial charge is 0.318 e. The Bertz CT molecular complexity index is 812. The molecule has 10 heteroatoms. The molecule has 1 aliphatic heterocycles. The van der Waals surface area contributed by atoms with Crippen LogP contribution in [0.5, 0.6) is 0 Å². The van der Waals surface area contributed by atoms with Crippen LogP contribution in [0.4, 0.5) is 10.6 Å². The van der Waals surface area contributed by atoms with Gasteiger partial charge in [-0.3, -0.25) is 4.79 Å². The van der Waals surface area contributed by atoms with Gasteiger partial charge in [-0.25, -0.2) is 14.8 Å². The highest BCUT2D eigenvalue weighted by atomic mass is 35.5.